The first-order valence-corrected chi connectivity index (χ1v) is 5.06. The first kappa shape index (κ1) is 14.6. The molecule has 0 radical (unpaired) electrons. The molecule has 0 saturated carbocycles. The van der Waals surface area contributed by atoms with Gasteiger partial charge in [0.1, 0.15) is 11.6 Å². The minimum atomic E-state index is -0.738. The van der Waals surface area contributed by atoms with Gasteiger partial charge in [0.05, 0.1) is 13.2 Å². The van der Waals surface area contributed by atoms with Crippen molar-refractivity contribution in [2.45, 2.75) is 26.1 Å². The average Bonchev–Trinajstić information content (AvgIpc) is 2.28. The molecule has 0 fully saturated rings. The minimum absolute atomic E-state index is 0.226. The molecular formula is C11H17NO4. The summed E-state index contributed by atoms with van der Waals surface area (Å²) in [5.41, 5.74) is -0.226. The number of rotatable bonds is 8. The van der Waals surface area contributed by atoms with Crippen molar-refractivity contribution in [1.82, 2.24) is 0 Å². The van der Waals surface area contributed by atoms with Crippen LogP contribution in [0.2, 0.25) is 0 Å². The van der Waals surface area contributed by atoms with Crippen molar-refractivity contribution in [3.05, 3.63) is 12.2 Å². The zero-order valence-electron chi connectivity index (χ0n) is 9.69. The van der Waals surface area contributed by atoms with E-state index in [0.29, 0.717) is 19.6 Å². The fraction of sp³-hybridized carbons (Fsp3) is 0.636. The van der Waals surface area contributed by atoms with Gasteiger partial charge in [-0.25, -0.2) is 4.79 Å². The minimum Gasteiger partial charge on any atom is -0.432 e. The molecule has 16 heavy (non-hydrogen) atoms. The van der Waals surface area contributed by atoms with Crippen LogP contribution < -0.4 is 0 Å². The zero-order valence-corrected chi connectivity index (χ0v) is 9.69. The fourth-order valence-corrected chi connectivity index (χ4v) is 0.911. The summed E-state index contributed by atoms with van der Waals surface area (Å²) in [6.07, 6.45) is 0.746. The van der Waals surface area contributed by atoms with Crippen molar-refractivity contribution >= 4 is 5.97 Å². The molecule has 0 aliphatic heterocycles. The number of hydrogen-bond donors (Lipinski definition) is 0. The summed E-state index contributed by atoms with van der Waals surface area (Å²) in [6.45, 7) is 5.98. The van der Waals surface area contributed by atoms with Gasteiger partial charge in [0.25, 0.3) is 0 Å². The number of carbonyl (C=O) groups is 1. The Labute approximate surface area is 95.6 Å². The number of nitrogens with zero attached hydrogens (tertiary/aromatic N) is 1. The largest absolute Gasteiger partial charge is 0.432 e. The molecule has 0 heterocycles. The number of ether oxygens (including phenoxy) is 3. The number of esters is 1. The maximum absolute atomic E-state index is 11.2. The molecule has 1 unspecified atom stereocenters. The molecule has 0 bridgehead atoms. The van der Waals surface area contributed by atoms with E-state index in [4.69, 9.17) is 19.5 Å². The highest BCUT2D eigenvalue weighted by atomic mass is 16.7. The molecule has 0 N–H and O–H groups in total. The van der Waals surface area contributed by atoms with E-state index in [2.05, 4.69) is 6.58 Å². The van der Waals surface area contributed by atoms with E-state index >= 15 is 0 Å². The average molecular weight is 227 g/mol. The van der Waals surface area contributed by atoms with Crippen LogP contribution in [-0.4, -0.2) is 32.6 Å². The molecule has 0 spiro atoms. The normalized spacial score (nSPS) is 11.6. The Bertz CT molecular complexity index is 270. The predicted molar refractivity (Wildman–Crippen MR) is 57.4 cm³/mol. The third-order valence-electron chi connectivity index (χ3n) is 1.74. The highest BCUT2D eigenvalue weighted by Gasteiger charge is 2.16. The third kappa shape index (κ3) is 6.17. The summed E-state index contributed by atoms with van der Waals surface area (Å²) in [6, 6.07) is 1.63. The Kier molecular flexibility index (Phi) is 8.12. The summed E-state index contributed by atoms with van der Waals surface area (Å²) >= 11 is 0. The first-order valence-electron chi connectivity index (χ1n) is 5.06. The van der Waals surface area contributed by atoms with Gasteiger partial charge >= 0.3 is 5.97 Å². The van der Waals surface area contributed by atoms with Crippen molar-refractivity contribution in [2.75, 3.05) is 20.3 Å². The SMILES string of the molecule is C=C(C#N)C(=O)OC(CCC)OCCOC. The van der Waals surface area contributed by atoms with Crippen molar-refractivity contribution in [3.8, 4) is 6.07 Å². The van der Waals surface area contributed by atoms with Gasteiger partial charge in [-0.2, -0.15) is 5.26 Å². The lowest BCUT2D eigenvalue weighted by molar-refractivity contribution is -0.177. The Balaban J connectivity index is 4.07. The quantitative estimate of drug-likeness (QED) is 0.206. The smallest absolute Gasteiger partial charge is 0.350 e. The fourth-order valence-electron chi connectivity index (χ4n) is 0.911. The Morgan fingerprint density at radius 1 is 1.50 bits per heavy atom. The molecule has 0 amide bonds. The maximum atomic E-state index is 11.2. The summed E-state index contributed by atoms with van der Waals surface area (Å²) in [5.74, 6) is -0.738. The molecule has 5 nitrogen and oxygen atoms in total. The van der Waals surface area contributed by atoms with Gasteiger partial charge in [-0.05, 0) is 0 Å². The van der Waals surface area contributed by atoms with Crippen LogP contribution in [0.4, 0.5) is 0 Å². The Hall–Kier alpha value is -1.38. The standard InChI is InChI=1S/C11H17NO4/c1-4-5-10(15-7-6-14-3)16-11(13)9(2)8-12/h10H,2,4-7H2,1,3H3. The van der Waals surface area contributed by atoms with E-state index in [-0.39, 0.29) is 5.57 Å². The highest BCUT2D eigenvalue weighted by molar-refractivity contribution is 5.91. The summed E-state index contributed by atoms with van der Waals surface area (Å²) in [4.78, 5) is 11.2. The molecule has 0 aromatic rings. The van der Waals surface area contributed by atoms with Gasteiger partial charge in [-0.3, -0.25) is 0 Å². The van der Waals surface area contributed by atoms with E-state index in [1.807, 2.05) is 6.92 Å². The molecule has 0 saturated heterocycles. The lowest BCUT2D eigenvalue weighted by Crippen LogP contribution is -2.23. The molecule has 5 heteroatoms. The van der Waals surface area contributed by atoms with Crippen LogP contribution in [0.25, 0.3) is 0 Å². The van der Waals surface area contributed by atoms with Crippen molar-refractivity contribution < 1.29 is 19.0 Å². The van der Waals surface area contributed by atoms with Crippen molar-refractivity contribution in [2.24, 2.45) is 0 Å². The molecule has 1 atom stereocenters. The second-order valence-corrected chi connectivity index (χ2v) is 3.08. The lowest BCUT2D eigenvalue weighted by atomic mass is 10.3. The van der Waals surface area contributed by atoms with Crippen LogP contribution in [0.5, 0.6) is 0 Å². The van der Waals surface area contributed by atoms with Gasteiger partial charge in [0, 0.05) is 13.5 Å². The molecule has 0 aliphatic rings. The van der Waals surface area contributed by atoms with Crippen LogP contribution in [0.15, 0.2) is 12.2 Å². The lowest BCUT2D eigenvalue weighted by Gasteiger charge is -2.17. The van der Waals surface area contributed by atoms with Crippen molar-refractivity contribution in [3.63, 3.8) is 0 Å². The van der Waals surface area contributed by atoms with Gasteiger partial charge in [0.15, 0.2) is 0 Å². The van der Waals surface area contributed by atoms with Crippen LogP contribution in [0, 0.1) is 11.3 Å². The second-order valence-electron chi connectivity index (χ2n) is 3.08. The topological polar surface area (TPSA) is 68.6 Å². The summed E-state index contributed by atoms with van der Waals surface area (Å²) < 4.78 is 15.0. The number of carbonyl (C=O) groups excluding carboxylic acids is 1. The van der Waals surface area contributed by atoms with Gasteiger partial charge in [-0.15, -0.1) is 0 Å². The zero-order chi connectivity index (χ0) is 12.4. The molecule has 0 aromatic carbocycles. The molecule has 0 aliphatic carbocycles. The maximum Gasteiger partial charge on any atom is 0.350 e. The van der Waals surface area contributed by atoms with Crippen LogP contribution in [0.3, 0.4) is 0 Å². The number of hydrogen-bond acceptors (Lipinski definition) is 5. The summed E-state index contributed by atoms with van der Waals surface area (Å²) in [5, 5.41) is 8.45. The van der Waals surface area contributed by atoms with E-state index in [1.54, 1.807) is 13.2 Å². The Morgan fingerprint density at radius 3 is 2.69 bits per heavy atom. The number of nitriles is 1. The predicted octanol–water partition coefficient (Wildman–Crippen LogP) is 1.40. The van der Waals surface area contributed by atoms with Crippen LogP contribution >= 0.6 is 0 Å². The summed E-state index contributed by atoms with van der Waals surface area (Å²) in [7, 11) is 1.56. The third-order valence-corrected chi connectivity index (χ3v) is 1.74. The van der Waals surface area contributed by atoms with E-state index in [9.17, 15) is 4.79 Å². The van der Waals surface area contributed by atoms with Gasteiger partial charge in [0.2, 0.25) is 6.29 Å². The van der Waals surface area contributed by atoms with E-state index < -0.39 is 12.3 Å². The second kappa shape index (κ2) is 8.89. The van der Waals surface area contributed by atoms with E-state index in [1.165, 1.54) is 0 Å². The van der Waals surface area contributed by atoms with Gasteiger partial charge in [-0.1, -0.05) is 19.9 Å². The first-order chi connectivity index (χ1) is 7.65. The van der Waals surface area contributed by atoms with Crippen LogP contribution in [-0.2, 0) is 19.0 Å². The molecule has 0 rings (SSSR count). The molecule has 90 valence electrons. The molecule has 0 aromatic heterocycles. The van der Waals surface area contributed by atoms with Gasteiger partial charge < -0.3 is 14.2 Å². The Morgan fingerprint density at radius 2 is 2.19 bits per heavy atom. The van der Waals surface area contributed by atoms with E-state index in [0.717, 1.165) is 6.42 Å². The molecular weight excluding hydrogens is 210 g/mol. The number of methoxy groups -OCH3 is 1. The highest BCUT2D eigenvalue weighted by Crippen LogP contribution is 2.07. The van der Waals surface area contributed by atoms with Crippen LogP contribution in [0.1, 0.15) is 19.8 Å². The monoisotopic (exact) mass is 227 g/mol. The van der Waals surface area contributed by atoms with Crippen molar-refractivity contribution in [1.29, 1.82) is 5.26 Å².